The number of hydrogen-bond acceptors (Lipinski definition) is 3. The van der Waals surface area contributed by atoms with Crippen LogP contribution in [0.15, 0.2) is 79.1 Å². The smallest absolute Gasteiger partial charge is 0.123 e. The lowest BCUT2D eigenvalue weighted by Gasteiger charge is -2.34. The predicted octanol–water partition coefficient (Wildman–Crippen LogP) is 10.2. The van der Waals surface area contributed by atoms with Crippen molar-refractivity contribution in [2.45, 2.75) is 87.5 Å². The Bertz CT molecular complexity index is 955. The summed E-state index contributed by atoms with van der Waals surface area (Å²) < 4.78 is 0. The molecule has 1 unspecified atom stereocenters. The van der Waals surface area contributed by atoms with Crippen molar-refractivity contribution in [2.24, 2.45) is 10.8 Å². The summed E-state index contributed by atoms with van der Waals surface area (Å²) in [4.78, 5) is 0. The van der Waals surface area contributed by atoms with Crippen LogP contribution >= 0.6 is 0 Å². The molecule has 0 spiro atoms. The van der Waals surface area contributed by atoms with E-state index in [1.165, 1.54) is 30.9 Å². The van der Waals surface area contributed by atoms with Crippen LogP contribution in [-0.2, 0) is 0 Å². The third kappa shape index (κ3) is 11.2. The molecule has 0 radical (unpaired) electrons. The number of benzene rings is 2. The van der Waals surface area contributed by atoms with Crippen LogP contribution in [0.4, 0.5) is 0 Å². The number of phenols is 2. The Labute approximate surface area is 220 Å². The van der Waals surface area contributed by atoms with E-state index in [1.54, 1.807) is 48.6 Å². The summed E-state index contributed by atoms with van der Waals surface area (Å²) in [7, 11) is 0. The maximum absolute atomic E-state index is 9.70. The maximum Gasteiger partial charge on any atom is 0.123 e. The van der Waals surface area contributed by atoms with Crippen molar-refractivity contribution in [3.8, 4) is 11.5 Å². The largest absolute Gasteiger partial charge is 0.508 e. The molecular weight excluding hydrogens is 444 g/mol. The van der Waals surface area contributed by atoms with Crippen LogP contribution in [0, 0.1) is 10.8 Å². The molecule has 0 fully saturated rings. The Balaban J connectivity index is 0.000000558. The predicted molar refractivity (Wildman–Crippen MR) is 158 cm³/mol. The van der Waals surface area contributed by atoms with Gasteiger partial charge < -0.3 is 15.3 Å². The second-order valence-electron chi connectivity index (χ2n) is 10.6. The number of aromatic hydroxyl groups is 2. The number of para-hydroxylation sites is 1. The van der Waals surface area contributed by atoms with Crippen molar-refractivity contribution in [3.63, 3.8) is 0 Å². The van der Waals surface area contributed by atoms with E-state index >= 15 is 0 Å². The number of rotatable bonds is 7. The van der Waals surface area contributed by atoms with Crippen LogP contribution in [-0.4, -0.2) is 15.3 Å². The van der Waals surface area contributed by atoms with E-state index in [2.05, 4.69) is 62.0 Å². The van der Waals surface area contributed by atoms with E-state index in [0.717, 1.165) is 0 Å². The molecule has 0 aliphatic rings. The van der Waals surface area contributed by atoms with Gasteiger partial charge in [0.05, 0.1) is 0 Å². The number of allylic oxidation sites excluding steroid dienone is 4. The minimum Gasteiger partial charge on any atom is -0.508 e. The fourth-order valence-electron chi connectivity index (χ4n) is 3.33. The molecule has 2 aromatic rings. The van der Waals surface area contributed by atoms with Crippen molar-refractivity contribution < 1.29 is 15.3 Å². The highest BCUT2D eigenvalue weighted by Gasteiger charge is 2.28. The van der Waals surface area contributed by atoms with Gasteiger partial charge in [0.15, 0.2) is 0 Å². The van der Waals surface area contributed by atoms with Gasteiger partial charge in [0, 0.05) is 11.1 Å². The van der Waals surface area contributed by atoms with Gasteiger partial charge in [-0.3, -0.25) is 0 Å². The van der Waals surface area contributed by atoms with E-state index in [1.807, 2.05) is 19.1 Å². The van der Waals surface area contributed by atoms with Gasteiger partial charge in [-0.2, -0.15) is 0 Å². The zero-order chi connectivity index (χ0) is 27.9. The average Bonchev–Trinajstić information content (AvgIpc) is 2.85. The summed E-state index contributed by atoms with van der Waals surface area (Å²) in [6, 6.07) is 14.4. The van der Waals surface area contributed by atoms with Crippen LogP contribution in [0.3, 0.4) is 0 Å². The highest BCUT2D eigenvalue weighted by atomic mass is 16.3. The van der Waals surface area contributed by atoms with Gasteiger partial charge in [-0.1, -0.05) is 124 Å². The van der Waals surface area contributed by atoms with Crippen molar-refractivity contribution in [3.05, 3.63) is 90.2 Å². The molecule has 0 aromatic heterocycles. The first kappa shape index (κ1) is 33.1. The van der Waals surface area contributed by atoms with Crippen LogP contribution in [0.5, 0.6) is 11.5 Å². The average molecular weight is 495 g/mol. The first-order valence-corrected chi connectivity index (χ1v) is 13.1. The van der Waals surface area contributed by atoms with Gasteiger partial charge >= 0.3 is 0 Å². The van der Waals surface area contributed by atoms with Gasteiger partial charge in [-0.25, -0.2) is 0 Å². The van der Waals surface area contributed by atoms with Crippen molar-refractivity contribution in [2.75, 3.05) is 0 Å². The zero-order valence-corrected chi connectivity index (χ0v) is 24.1. The van der Waals surface area contributed by atoms with Gasteiger partial charge in [0.25, 0.3) is 0 Å². The molecule has 1 atom stereocenters. The minimum absolute atomic E-state index is 0.0917. The van der Waals surface area contributed by atoms with Crippen LogP contribution in [0.1, 0.15) is 98.6 Å². The first-order chi connectivity index (χ1) is 16.8. The molecule has 0 saturated heterocycles. The lowest BCUT2D eigenvalue weighted by atomic mass is 9.71. The van der Waals surface area contributed by atoms with Gasteiger partial charge in [-0.15, -0.1) is 0 Å². The zero-order valence-electron chi connectivity index (χ0n) is 24.1. The topological polar surface area (TPSA) is 60.7 Å². The molecule has 2 rings (SSSR count). The van der Waals surface area contributed by atoms with Gasteiger partial charge in [-0.05, 0) is 53.5 Å². The molecule has 36 heavy (non-hydrogen) atoms. The van der Waals surface area contributed by atoms with Crippen molar-refractivity contribution in [1.29, 1.82) is 0 Å². The number of hydrogen-bond donors (Lipinski definition) is 3. The third-order valence-electron chi connectivity index (χ3n) is 7.11. The van der Waals surface area contributed by atoms with Gasteiger partial charge in [0.1, 0.15) is 17.3 Å². The normalized spacial score (nSPS) is 13.0. The maximum atomic E-state index is 9.70. The highest BCUT2D eigenvalue weighted by molar-refractivity contribution is 5.79. The summed E-state index contributed by atoms with van der Waals surface area (Å²) in [6.07, 6.45) is 8.44. The Morgan fingerprint density at radius 1 is 0.889 bits per heavy atom. The SMILES string of the molecule is C=C/C(=C(O)\C=C/C)c1ccccc1O.CCC(C)(C)C.CCC(C)(CC)C(C)c1ccc(O)cc1. The Morgan fingerprint density at radius 3 is 1.78 bits per heavy atom. The molecule has 3 heteroatoms. The van der Waals surface area contributed by atoms with Crippen LogP contribution in [0.2, 0.25) is 0 Å². The fraction of sp³-hybridized carbons (Fsp3) is 0.455. The molecule has 2 aromatic carbocycles. The van der Waals surface area contributed by atoms with E-state index in [9.17, 15) is 15.3 Å². The molecule has 3 N–H and O–H groups in total. The number of aliphatic hydroxyl groups is 1. The Hall–Kier alpha value is -2.94. The quantitative estimate of drug-likeness (QED) is 0.265. The van der Waals surface area contributed by atoms with E-state index in [4.69, 9.17) is 0 Å². The molecule has 0 aliphatic heterocycles. The van der Waals surface area contributed by atoms with Crippen LogP contribution < -0.4 is 0 Å². The summed E-state index contributed by atoms with van der Waals surface area (Å²) >= 11 is 0. The summed E-state index contributed by atoms with van der Waals surface area (Å²) in [5, 5.41) is 28.6. The third-order valence-corrected chi connectivity index (χ3v) is 7.11. The van der Waals surface area contributed by atoms with Crippen molar-refractivity contribution >= 4 is 5.57 Å². The standard InChI is InChI=1S/C14H22O.C13H14O2.C6H14/c1-5-14(4,6-2)11(3)12-7-9-13(15)10-8-12;1-3-7-12(14)10(4-2)11-8-5-6-9-13(11)15;1-5-6(2,3)4/h7-11,15H,5-6H2,1-4H3;3-9,14-15H,2H2,1H3;5H2,1-4H3/b;7-3-,12-10-;. The lowest BCUT2D eigenvalue weighted by molar-refractivity contribution is 0.243. The second-order valence-corrected chi connectivity index (χ2v) is 10.6. The number of aliphatic hydroxyl groups excluding tert-OH is 1. The molecule has 0 heterocycles. The van der Waals surface area contributed by atoms with Crippen LogP contribution in [0.25, 0.3) is 5.57 Å². The monoisotopic (exact) mass is 494 g/mol. The van der Waals surface area contributed by atoms with E-state index in [-0.39, 0.29) is 11.5 Å². The fourth-order valence-corrected chi connectivity index (χ4v) is 3.33. The Kier molecular flexibility index (Phi) is 14.6. The molecule has 0 bridgehead atoms. The minimum atomic E-state index is 0.0917. The van der Waals surface area contributed by atoms with Gasteiger partial charge in [0.2, 0.25) is 0 Å². The Morgan fingerprint density at radius 2 is 1.39 bits per heavy atom. The summed E-state index contributed by atoms with van der Waals surface area (Å²) in [5.74, 6) is 1.10. The van der Waals surface area contributed by atoms with Crippen molar-refractivity contribution in [1.82, 2.24) is 0 Å². The first-order valence-electron chi connectivity index (χ1n) is 13.1. The molecule has 0 amide bonds. The van der Waals surface area contributed by atoms with E-state index < -0.39 is 0 Å². The summed E-state index contributed by atoms with van der Waals surface area (Å²) in [6.45, 7) is 23.5. The summed E-state index contributed by atoms with van der Waals surface area (Å²) in [5.41, 5.74) is 3.31. The lowest BCUT2D eigenvalue weighted by Crippen LogP contribution is -2.21. The molecular formula is C33H50O3. The molecule has 200 valence electrons. The highest BCUT2D eigenvalue weighted by Crippen LogP contribution is 2.41. The molecule has 0 aliphatic carbocycles. The molecule has 0 saturated carbocycles. The second kappa shape index (κ2) is 15.9. The molecule has 3 nitrogen and oxygen atoms in total. The van der Waals surface area contributed by atoms with E-state index in [0.29, 0.717) is 33.6 Å². The number of phenolic OH excluding ortho intramolecular Hbond substituents is 2.